The molecule has 2 aliphatic rings. The molecule has 1 aliphatic heterocycles. The summed E-state index contributed by atoms with van der Waals surface area (Å²) < 4.78 is 6.07. The predicted octanol–water partition coefficient (Wildman–Crippen LogP) is 2.90. The van der Waals surface area contributed by atoms with Gasteiger partial charge in [-0.2, -0.15) is 0 Å². The highest BCUT2D eigenvalue weighted by molar-refractivity contribution is 4.89. The van der Waals surface area contributed by atoms with Crippen molar-refractivity contribution in [3.05, 3.63) is 0 Å². The third-order valence-electron chi connectivity index (χ3n) is 5.10. The molecule has 0 amide bonds. The van der Waals surface area contributed by atoms with Gasteiger partial charge in [0.15, 0.2) is 0 Å². The molecular weight excluding hydrogens is 248 g/mol. The van der Waals surface area contributed by atoms with Crippen LogP contribution >= 0.6 is 0 Å². The van der Waals surface area contributed by atoms with Gasteiger partial charge in [0.05, 0.1) is 12.7 Å². The van der Waals surface area contributed by atoms with E-state index in [0.29, 0.717) is 30.0 Å². The minimum absolute atomic E-state index is 0.552. The zero-order valence-electron chi connectivity index (χ0n) is 13.9. The summed E-state index contributed by atoms with van der Waals surface area (Å²) >= 11 is 0. The molecule has 2 unspecified atom stereocenters. The molecule has 2 rings (SSSR count). The number of piperazine rings is 1. The van der Waals surface area contributed by atoms with Gasteiger partial charge in [-0.25, -0.2) is 0 Å². The third kappa shape index (κ3) is 4.44. The maximum absolute atomic E-state index is 6.07. The van der Waals surface area contributed by atoms with Gasteiger partial charge in [0.25, 0.3) is 0 Å². The zero-order chi connectivity index (χ0) is 14.5. The molecule has 118 valence electrons. The van der Waals surface area contributed by atoms with Crippen LogP contribution in [0.1, 0.15) is 53.4 Å². The lowest BCUT2D eigenvalue weighted by Crippen LogP contribution is -2.60. The smallest absolute Gasteiger partial charge is 0.0597 e. The Balaban J connectivity index is 1.79. The molecule has 0 radical (unpaired) electrons. The van der Waals surface area contributed by atoms with E-state index in [-0.39, 0.29) is 0 Å². The summed E-state index contributed by atoms with van der Waals surface area (Å²) in [6.07, 6.45) is 5.84. The molecule has 0 bridgehead atoms. The second kappa shape index (κ2) is 7.77. The first-order valence-electron chi connectivity index (χ1n) is 8.67. The molecule has 0 spiro atoms. The van der Waals surface area contributed by atoms with Crippen LogP contribution in [0.2, 0.25) is 0 Å². The summed E-state index contributed by atoms with van der Waals surface area (Å²) in [6, 6.07) is 1.30. The largest absolute Gasteiger partial charge is 0.377 e. The average Bonchev–Trinajstić information content (AvgIpc) is 2.91. The second-order valence-electron chi connectivity index (χ2n) is 7.34. The fraction of sp³-hybridized carbons (Fsp3) is 1.00. The molecule has 0 aromatic carbocycles. The Morgan fingerprint density at radius 1 is 1.10 bits per heavy atom. The summed E-state index contributed by atoms with van der Waals surface area (Å²) in [5.41, 5.74) is 0. The van der Waals surface area contributed by atoms with Gasteiger partial charge < -0.3 is 10.1 Å². The molecule has 1 heterocycles. The Bertz CT molecular complexity index is 274. The first kappa shape index (κ1) is 16.3. The number of rotatable bonds is 6. The van der Waals surface area contributed by atoms with Crippen molar-refractivity contribution in [3.8, 4) is 0 Å². The molecule has 1 aliphatic carbocycles. The average molecular weight is 282 g/mol. The van der Waals surface area contributed by atoms with Gasteiger partial charge in [0, 0.05) is 31.7 Å². The molecule has 2 fully saturated rings. The topological polar surface area (TPSA) is 24.5 Å². The Labute approximate surface area is 125 Å². The first-order valence-corrected chi connectivity index (χ1v) is 8.67. The SMILES string of the molecule is CC(C)C1CN(CCOC2CCCC2)C(C(C)C)CN1. The minimum atomic E-state index is 0.552. The number of hydrogen-bond acceptors (Lipinski definition) is 3. The van der Waals surface area contributed by atoms with Crippen LogP contribution in [0.5, 0.6) is 0 Å². The molecule has 3 heteroatoms. The van der Waals surface area contributed by atoms with Crippen LogP contribution in [0, 0.1) is 11.8 Å². The van der Waals surface area contributed by atoms with E-state index in [2.05, 4.69) is 37.9 Å². The summed E-state index contributed by atoms with van der Waals surface area (Å²) in [5, 5.41) is 3.73. The van der Waals surface area contributed by atoms with Crippen LogP contribution < -0.4 is 5.32 Å². The highest BCUT2D eigenvalue weighted by atomic mass is 16.5. The Morgan fingerprint density at radius 3 is 2.40 bits per heavy atom. The first-order chi connectivity index (χ1) is 9.58. The second-order valence-corrected chi connectivity index (χ2v) is 7.34. The van der Waals surface area contributed by atoms with Crippen molar-refractivity contribution in [1.82, 2.24) is 10.2 Å². The molecule has 1 saturated carbocycles. The number of hydrogen-bond donors (Lipinski definition) is 1. The molecule has 20 heavy (non-hydrogen) atoms. The van der Waals surface area contributed by atoms with Crippen LogP contribution in [0.15, 0.2) is 0 Å². The van der Waals surface area contributed by atoms with Crippen molar-refractivity contribution in [2.24, 2.45) is 11.8 Å². The summed E-state index contributed by atoms with van der Waals surface area (Å²) in [4.78, 5) is 2.67. The zero-order valence-corrected chi connectivity index (χ0v) is 13.9. The lowest BCUT2D eigenvalue weighted by Gasteiger charge is -2.43. The lowest BCUT2D eigenvalue weighted by atomic mass is 9.94. The van der Waals surface area contributed by atoms with E-state index in [1.54, 1.807) is 0 Å². The predicted molar refractivity (Wildman–Crippen MR) is 85.0 cm³/mol. The fourth-order valence-corrected chi connectivity index (χ4v) is 3.61. The van der Waals surface area contributed by atoms with Gasteiger partial charge in [-0.05, 0) is 24.7 Å². The highest BCUT2D eigenvalue weighted by Crippen LogP contribution is 2.22. The maximum Gasteiger partial charge on any atom is 0.0597 e. The number of ether oxygens (including phenoxy) is 1. The minimum Gasteiger partial charge on any atom is -0.377 e. The van der Waals surface area contributed by atoms with Crippen molar-refractivity contribution < 1.29 is 4.74 Å². The van der Waals surface area contributed by atoms with E-state index >= 15 is 0 Å². The van der Waals surface area contributed by atoms with Crippen molar-refractivity contribution in [1.29, 1.82) is 0 Å². The molecule has 1 N–H and O–H groups in total. The van der Waals surface area contributed by atoms with E-state index < -0.39 is 0 Å². The Hall–Kier alpha value is -0.120. The lowest BCUT2D eigenvalue weighted by molar-refractivity contribution is 0.0129. The molecule has 1 saturated heterocycles. The summed E-state index contributed by atoms with van der Waals surface area (Å²) in [6.45, 7) is 13.6. The monoisotopic (exact) mass is 282 g/mol. The molecule has 3 nitrogen and oxygen atoms in total. The Kier molecular flexibility index (Phi) is 6.31. The summed E-state index contributed by atoms with van der Waals surface area (Å²) in [7, 11) is 0. The van der Waals surface area contributed by atoms with Crippen LogP contribution in [-0.2, 0) is 4.74 Å². The van der Waals surface area contributed by atoms with E-state index in [4.69, 9.17) is 4.74 Å². The van der Waals surface area contributed by atoms with Crippen LogP contribution in [0.25, 0.3) is 0 Å². The van der Waals surface area contributed by atoms with Gasteiger partial charge >= 0.3 is 0 Å². The standard InChI is InChI=1S/C17H34N2O/c1-13(2)16-12-19(17(11-18-16)14(3)4)9-10-20-15-7-5-6-8-15/h13-18H,5-12H2,1-4H3. The number of nitrogens with zero attached hydrogens (tertiary/aromatic N) is 1. The third-order valence-corrected chi connectivity index (χ3v) is 5.10. The molecule has 2 atom stereocenters. The van der Waals surface area contributed by atoms with E-state index in [1.165, 1.54) is 32.2 Å². The molecule has 0 aromatic rings. The van der Waals surface area contributed by atoms with Crippen molar-refractivity contribution in [2.45, 2.75) is 71.6 Å². The Morgan fingerprint density at radius 2 is 1.80 bits per heavy atom. The quantitative estimate of drug-likeness (QED) is 0.811. The maximum atomic E-state index is 6.07. The van der Waals surface area contributed by atoms with Crippen molar-refractivity contribution in [3.63, 3.8) is 0 Å². The van der Waals surface area contributed by atoms with Crippen molar-refractivity contribution in [2.75, 3.05) is 26.2 Å². The molecular formula is C17H34N2O. The van der Waals surface area contributed by atoms with Crippen LogP contribution in [-0.4, -0.2) is 49.3 Å². The van der Waals surface area contributed by atoms with Crippen molar-refractivity contribution >= 4 is 0 Å². The highest BCUT2D eigenvalue weighted by Gasteiger charge is 2.30. The molecule has 0 aromatic heterocycles. The van der Waals surface area contributed by atoms with E-state index in [1.807, 2.05) is 0 Å². The van der Waals surface area contributed by atoms with E-state index in [9.17, 15) is 0 Å². The van der Waals surface area contributed by atoms with Gasteiger partial charge in [0.2, 0.25) is 0 Å². The van der Waals surface area contributed by atoms with Crippen LogP contribution in [0.3, 0.4) is 0 Å². The van der Waals surface area contributed by atoms with E-state index in [0.717, 1.165) is 19.7 Å². The fourth-order valence-electron chi connectivity index (χ4n) is 3.61. The van der Waals surface area contributed by atoms with Gasteiger partial charge in [-0.15, -0.1) is 0 Å². The van der Waals surface area contributed by atoms with Gasteiger partial charge in [-0.1, -0.05) is 40.5 Å². The summed E-state index contributed by atoms with van der Waals surface area (Å²) in [5.74, 6) is 1.42. The van der Waals surface area contributed by atoms with Crippen LogP contribution in [0.4, 0.5) is 0 Å². The number of nitrogens with one attached hydrogen (secondary N) is 1. The van der Waals surface area contributed by atoms with Gasteiger partial charge in [0.1, 0.15) is 0 Å². The van der Waals surface area contributed by atoms with Gasteiger partial charge in [-0.3, -0.25) is 4.90 Å². The normalized spacial score (nSPS) is 29.7.